The Morgan fingerprint density at radius 3 is 2.26 bits per heavy atom. The first-order valence-corrected chi connectivity index (χ1v) is 7.78. The van der Waals surface area contributed by atoms with Gasteiger partial charge in [-0.3, -0.25) is 14.4 Å². The maximum Gasteiger partial charge on any atom is 0.261 e. The highest BCUT2D eigenvalue weighted by molar-refractivity contribution is 7.13. The largest absolute Gasteiger partial charge is 0.355 e. The molecule has 0 saturated carbocycles. The summed E-state index contributed by atoms with van der Waals surface area (Å²) >= 11 is 1.38. The number of anilines is 1. The molecule has 23 heavy (non-hydrogen) atoms. The van der Waals surface area contributed by atoms with Gasteiger partial charge in [0.2, 0.25) is 5.91 Å². The van der Waals surface area contributed by atoms with Crippen LogP contribution in [-0.2, 0) is 4.79 Å². The Labute approximate surface area is 137 Å². The molecule has 0 radical (unpaired) electrons. The third kappa shape index (κ3) is 4.65. The van der Waals surface area contributed by atoms with E-state index in [1.54, 1.807) is 37.4 Å². The molecular formula is C16H17N3O3S. The van der Waals surface area contributed by atoms with Gasteiger partial charge in [-0.15, -0.1) is 11.3 Å². The lowest BCUT2D eigenvalue weighted by Crippen LogP contribution is -2.32. The van der Waals surface area contributed by atoms with Crippen molar-refractivity contribution in [3.8, 4) is 0 Å². The molecule has 1 aromatic heterocycles. The fourth-order valence-electron chi connectivity index (χ4n) is 1.86. The third-order valence-corrected chi connectivity index (χ3v) is 4.03. The summed E-state index contributed by atoms with van der Waals surface area (Å²) in [5, 5.41) is 7.74. The van der Waals surface area contributed by atoms with E-state index >= 15 is 0 Å². The van der Waals surface area contributed by atoms with Gasteiger partial charge in [0.1, 0.15) is 0 Å². The molecule has 0 aliphatic heterocycles. The zero-order chi connectivity index (χ0) is 16.8. The summed E-state index contributed by atoms with van der Waals surface area (Å²) in [7, 11) is 1.55. The molecule has 6 nitrogen and oxygen atoms in total. The summed E-state index contributed by atoms with van der Waals surface area (Å²) < 4.78 is 0. The molecule has 0 fully saturated rings. The van der Waals surface area contributed by atoms with Gasteiger partial charge in [-0.2, -0.15) is 0 Å². The number of hydrogen-bond donors (Lipinski definition) is 3. The SMILES string of the molecule is CNC(=O)c1ccc(NC(=O)CNC(=O)c2ccc(C)s2)cc1. The molecule has 0 bridgehead atoms. The predicted octanol–water partition coefficient (Wildman–Crippen LogP) is 1.78. The number of amides is 3. The van der Waals surface area contributed by atoms with Gasteiger partial charge >= 0.3 is 0 Å². The van der Waals surface area contributed by atoms with Gasteiger partial charge < -0.3 is 16.0 Å². The van der Waals surface area contributed by atoms with E-state index in [4.69, 9.17) is 0 Å². The van der Waals surface area contributed by atoms with E-state index in [-0.39, 0.29) is 24.3 Å². The topological polar surface area (TPSA) is 87.3 Å². The number of carbonyl (C=O) groups excluding carboxylic acids is 3. The average Bonchev–Trinajstić information content (AvgIpc) is 2.99. The van der Waals surface area contributed by atoms with Gasteiger partial charge in [-0.25, -0.2) is 0 Å². The first-order chi connectivity index (χ1) is 11.0. The van der Waals surface area contributed by atoms with Crippen LogP contribution < -0.4 is 16.0 Å². The highest BCUT2D eigenvalue weighted by Gasteiger charge is 2.10. The van der Waals surface area contributed by atoms with Crippen molar-refractivity contribution in [1.29, 1.82) is 0 Å². The van der Waals surface area contributed by atoms with Crippen LogP contribution in [0.25, 0.3) is 0 Å². The smallest absolute Gasteiger partial charge is 0.261 e. The van der Waals surface area contributed by atoms with Gasteiger partial charge in [-0.1, -0.05) is 0 Å². The molecule has 0 saturated heterocycles. The zero-order valence-electron chi connectivity index (χ0n) is 12.8. The van der Waals surface area contributed by atoms with Crippen molar-refractivity contribution < 1.29 is 14.4 Å². The van der Waals surface area contributed by atoms with Crippen molar-refractivity contribution in [2.24, 2.45) is 0 Å². The molecule has 0 atom stereocenters. The molecule has 1 aromatic carbocycles. The number of aryl methyl sites for hydroxylation is 1. The van der Waals surface area contributed by atoms with Crippen LogP contribution in [0.15, 0.2) is 36.4 Å². The first kappa shape index (κ1) is 16.7. The molecule has 3 amide bonds. The summed E-state index contributed by atoms with van der Waals surface area (Å²) in [6, 6.07) is 10.1. The van der Waals surface area contributed by atoms with Gasteiger partial charge in [-0.05, 0) is 43.3 Å². The van der Waals surface area contributed by atoms with Crippen molar-refractivity contribution >= 4 is 34.7 Å². The Bertz CT molecular complexity index is 722. The summed E-state index contributed by atoms with van der Waals surface area (Å²) in [4.78, 5) is 36.7. The normalized spacial score (nSPS) is 10.0. The van der Waals surface area contributed by atoms with Crippen molar-refractivity contribution in [3.63, 3.8) is 0 Å². The van der Waals surface area contributed by atoms with Crippen molar-refractivity contribution in [2.45, 2.75) is 6.92 Å². The molecule has 2 rings (SSSR count). The van der Waals surface area contributed by atoms with Crippen molar-refractivity contribution in [1.82, 2.24) is 10.6 Å². The number of thiophene rings is 1. The lowest BCUT2D eigenvalue weighted by Gasteiger charge is -2.07. The maximum absolute atomic E-state index is 11.8. The van der Waals surface area contributed by atoms with Gasteiger partial charge in [0.15, 0.2) is 0 Å². The molecule has 3 N–H and O–H groups in total. The Balaban J connectivity index is 1.85. The van der Waals surface area contributed by atoms with Gasteiger partial charge in [0.25, 0.3) is 11.8 Å². The minimum atomic E-state index is -0.334. The van der Waals surface area contributed by atoms with E-state index in [1.807, 2.05) is 13.0 Å². The second kappa shape index (κ2) is 7.55. The molecule has 7 heteroatoms. The number of rotatable bonds is 5. The predicted molar refractivity (Wildman–Crippen MR) is 89.9 cm³/mol. The van der Waals surface area contributed by atoms with E-state index in [1.165, 1.54) is 11.3 Å². The van der Waals surface area contributed by atoms with E-state index in [2.05, 4.69) is 16.0 Å². The standard InChI is InChI=1S/C16H17N3O3S/c1-10-3-8-13(23-10)16(22)18-9-14(20)19-12-6-4-11(5-7-12)15(21)17-2/h3-8H,9H2,1-2H3,(H,17,21)(H,18,22)(H,19,20). The van der Waals surface area contributed by atoms with Crippen LogP contribution in [0.5, 0.6) is 0 Å². The van der Waals surface area contributed by atoms with Gasteiger partial charge in [0, 0.05) is 23.2 Å². The Morgan fingerprint density at radius 2 is 1.70 bits per heavy atom. The summed E-state index contributed by atoms with van der Waals surface area (Å²) in [5.41, 5.74) is 1.07. The highest BCUT2D eigenvalue weighted by Crippen LogP contribution is 2.14. The molecule has 0 aliphatic rings. The molecule has 0 unspecified atom stereocenters. The molecule has 0 aliphatic carbocycles. The summed E-state index contributed by atoms with van der Waals surface area (Å²) in [6.07, 6.45) is 0. The number of hydrogen-bond acceptors (Lipinski definition) is 4. The van der Waals surface area contributed by atoms with Crippen molar-refractivity contribution in [2.75, 3.05) is 18.9 Å². The van der Waals surface area contributed by atoms with Gasteiger partial charge in [0.05, 0.1) is 11.4 Å². The van der Waals surface area contributed by atoms with Crippen LogP contribution in [0.3, 0.4) is 0 Å². The van der Waals surface area contributed by atoms with E-state index in [0.717, 1.165) is 4.88 Å². The van der Waals surface area contributed by atoms with Crippen LogP contribution in [0, 0.1) is 6.92 Å². The fraction of sp³-hybridized carbons (Fsp3) is 0.188. The monoisotopic (exact) mass is 331 g/mol. The van der Waals surface area contributed by atoms with Crippen molar-refractivity contribution in [3.05, 3.63) is 51.7 Å². The Kier molecular flexibility index (Phi) is 5.48. The minimum Gasteiger partial charge on any atom is -0.355 e. The lowest BCUT2D eigenvalue weighted by molar-refractivity contribution is -0.115. The minimum absolute atomic E-state index is 0.118. The van der Waals surface area contributed by atoms with Crippen LogP contribution in [0.1, 0.15) is 24.9 Å². The second-order valence-corrected chi connectivity index (χ2v) is 6.09. The molecular weight excluding hydrogens is 314 g/mol. The average molecular weight is 331 g/mol. The third-order valence-electron chi connectivity index (χ3n) is 3.03. The van der Waals surface area contributed by atoms with Crippen LogP contribution in [-0.4, -0.2) is 31.3 Å². The summed E-state index contributed by atoms with van der Waals surface area (Å²) in [5.74, 6) is -0.797. The molecule has 0 spiro atoms. The Hall–Kier alpha value is -2.67. The quantitative estimate of drug-likeness (QED) is 0.780. The number of benzene rings is 1. The van der Waals surface area contributed by atoms with E-state index in [9.17, 15) is 14.4 Å². The van der Waals surface area contributed by atoms with Crippen LogP contribution >= 0.6 is 11.3 Å². The zero-order valence-corrected chi connectivity index (χ0v) is 13.6. The van der Waals surface area contributed by atoms with Crippen LogP contribution in [0.4, 0.5) is 5.69 Å². The van der Waals surface area contributed by atoms with Crippen LogP contribution in [0.2, 0.25) is 0 Å². The molecule has 120 valence electrons. The highest BCUT2D eigenvalue weighted by atomic mass is 32.1. The summed E-state index contributed by atoms with van der Waals surface area (Å²) in [6.45, 7) is 1.80. The lowest BCUT2D eigenvalue weighted by atomic mass is 10.2. The maximum atomic E-state index is 11.8. The number of nitrogens with one attached hydrogen (secondary N) is 3. The number of carbonyl (C=O) groups is 3. The molecule has 2 aromatic rings. The second-order valence-electron chi connectivity index (χ2n) is 4.80. The van der Waals surface area contributed by atoms with E-state index < -0.39 is 0 Å². The van der Waals surface area contributed by atoms with E-state index in [0.29, 0.717) is 16.1 Å². The molecule has 1 heterocycles. The first-order valence-electron chi connectivity index (χ1n) is 6.96. The fourth-order valence-corrected chi connectivity index (χ4v) is 2.64. The Morgan fingerprint density at radius 1 is 1.00 bits per heavy atom.